The zero-order valence-electron chi connectivity index (χ0n) is 20.5. The number of carbonyl (C=O) groups is 2. The second-order valence-corrected chi connectivity index (χ2v) is 8.62. The van der Waals surface area contributed by atoms with E-state index < -0.39 is 17.8 Å². The van der Waals surface area contributed by atoms with E-state index in [-0.39, 0.29) is 30.0 Å². The third-order valence-corrected chi connectivity index (χ3v) is 6.19. The summed E-state index contributed by atoms with van der Waals surface area (Å²) in [4.78, 5) is 28.8. The number of anilines is 1. The monoisotopic (exact) mass is 496 g/mol. The van der Waals surface area contributed by atoms with Gasteiger partial charge in [0.2, 0.25) is 11.7 Å². The number of hydrogen-bond donors (Lipinski definition) is 1. The maximum absolute atomic E-state index is 14.0. The minimum Gasteiger partial charge on any atom is -0.493 e. The summed E-state index contributed by atoms with van der Waals surface area (Å²) >= 11 is 0. The van der Waals surface area contributed by atoms with Crippen molar-refractivity contribution in [3.8, 4) is 22.9 Å². The van der Waals surface area contributed by atoms with Crippen LogP contribution in [0.2, 0.25) is 0 Å². The molecule has 1 N–H and O–H groups in total. The number of tetrazole rings is 1. The first-order chi connectivity index (χ1) is 17.4. The van der Waals surface area contributed by atoms with Crippen molar-refractivity contribution in [1.29, 1.82) is 0 Å². The maximum atomic E-state index is 14.0. The van der Waals surface area contributed by atoms with E-state index in [1.807, 2.05) is 0 Å². The van der Waals surface area contributed by atoms with Crippen LogP contribution in [0.3, 0.4) is 0 Å². The third kappa shape index (κ3) is 5.61. The molecule has 0 aliphatic heterocycles. The summed E-state index contributed by atoms with van der Waals surface area (Å²) in [7, 11) is 3.06. The second kappa shape index (κ2) is 11.1. The Kier molecular flexibility index (Phi) is 7.77. The molecule has 1 saturated carbocycles. The fourth-order valence-corrected chi connectivity index (χ4v) is 4.32. The number of ether oxygens (including phenoxy) is 2. The molecule has 1 heterocycles. The molecule has 0 unspecified atom stereocenters. The first-order valence-electron chi connectivity index (χ1n) is 11.8. The number of methoxy groups -OCH3 is 2. The van der Waals surface area contributed by atoms with Gasteiger partial charge >= 0.3 is 0 Å². The number of benzene rings is 2. The van der Waals surface area contributed by atoms with Crippen molar-refractivity contribution in [3.63, 3.8) is 0 Å². The van der Waals surface area contributed by atoms with Crippen LogP contribution in [0.1, 0.15) is 32.6 Å². The maximum Gasteiger partial charge on any atom is 0.251 e. The first-order valence-corrected chi connectivity index (χ1v) is 11.8. The summed E-state index contributed by atoms with van der Waals surface area (Å²) in [6, 6.07) is 9.98. The van der Waals surface area contributed by atoms with Crippen molar-refractivity contribution in [2.24, 2.45) is 0 Å². The summed E-state index contributed by atoms with van der Waals surface area (Å²) in [5.41, 5.74) is 0.895. The van der Waals surface area contributed by atoms with Crippen LogP contribution in [0.25, 0.3) is 11.4 Å². The van der Waals surface area contributed by atoms with E-state index in [2.05, 4.69) is 20.7 Å². The standard InChI is InChI=1S/C25H29FN6O4/c1-16(25(34)27-19-8-4-5-9-19)32(20-10-6-7-18(26)14-20)23(33)15-31-29-24(28-30-31)17-11-12-21(35-2)22(13-17)36-3/h6-7,10-14,16,19H,4-5,8-9,15H2,1-3H3,(H,27,34)/t16-/m1/s1. The smallest absolute Gasteiger partial charge is 0.251 e. The Balaban J connectivity index is 1.55. The van der Waals surface area contributed by atoms with Gasteiger partial charge in [-0.2, -0.15) is 4.80 Å². The summed E-state index contributed by atoms with van der Waals surface area (Å²) in [5.74, 6) is 0.0562. The number of nitrogens with one attached hydrogen (secondary N) is 1. The minimum atomic E-state index is -0.867. The van der Waals surface area contributed by atoms with Crippen LogP contribution in [-0.2, 0) is 16.1 Å². The van der Waals surface area contributed by atoms with Crippen LogP contribution >= 0.6 is 0 Å². The number of aromatic nitrogens is 4. The molecule has 0 bridgehead atoms. The van der Waals surface area contributed by atoms with Crippen molar-refractivity contribution in [2.45, 2.75) is 51.2 Å². The average molecular weight is 497 g/mol. The van der Waals surface area contributed by atoms with E-state index in [1.165, 1.54) is 37.3 Å². The van der Waals surface area contributed by atoms with Crippen LogP contribution in [-0.4, -0.2) is 58.3 Å². The molecule has 1 aliphatic carbocycles. The van der Waals surface area contributed by atoms with Gasteiger partial charge in [0.05, 0.1) is 14.2 Å². The van der Waals surface area contributed by atoms with Gasteiger partial charge in [-0.15, -0.1) is 10.2 Å². The predicted molar refractivity (Wildman–Crippen MR) is 130 cm³/mol. The summed E-state index contributed by atoms with van der Waals surface area (Å²) in [6.45, 7) is 1.33. The van der Waals surface area contributed by atoms with Gasteiger partial charge in [-0.1, -0.05) is 18.9 Å². The Morgan fingerprint density at radius 3 is 2.58 bits per heavy atom. The molecule has 190 valence electrons. The fourth-order valence-electron chi connectivity index (χ4n) is 4.32. The number of rotatable bonds is 9. The van der Waals surface area contributed by atoms with Crippen LogP contribution < -0.4 is 19.7 Å². The molecule has 2 amide bonds. The largest absolute Gasteiger partial charge is 0.493 e. The summed E-state index contributed by atoms with van der Waals surface area (Å²) < 4.78 is 24.6. The second-order valence-electron chi connectivity index (χ2n) is 8.62. The lowest BCUT2D eigenvalue weighted by atomic mass is 10.1. The van der Waals surface area contributed by atoms with E-state index >= 15 is 0 Å². The quantitative estimate of drug-likeness (QED) is 0.485. The predicted octanol–water partition coefficient (Wildman–Crippen LogP) is 2.98. The van der Waals surface area contributed by atoms with E-state index in [0.717, 1.165) is 30.5 Å². The highest BCUT2D eigenvalue weighted by molar-refractivity contribution is 6.00. The van der Waals surface area contributed by atoms with E-state index in [0.29, 0.717) is 17.1 Å². The summed E-state index contributed by atoms with van der Waals surface area (Å²) in [5, 5.41) is 15.4. The average Bonchev–Trinajstić information content (AvgIpc) is 3.56. The molecular weight excluding hydrogens is 467 g/mol. The molecule has 0 saturated heterocycles. The van der Waals surface area contributed by atoms with Crippen LogP contribution in [0, 0.1) is 5.82 Å². The minimum absolute atomic E-state index is 0.0884. The molecule has 36 heavy (non-hydrogen) atoms. The van der Waals surface area contributed by atoms with Crippen LogP contribution in [0.5, 0.6) is 11.5 Å². The molecule has 0 spiro atoms. The molecule has 3 aromatic rings. The highest BCUT2D eigenvalue weighted by Crippen LogP contribution is 2.30. The molecule has 4 rings (SSSR count). The van der Waals surface area contributed by atoms with Crippen molar-refractivity contribution in [3.05, 3.63) is 48.3 Å². The zero-order chi connectivity index (χ0) is 25.7. The first kappa shape index (κ1) is 25.1. The Labute approximate surface area is 208 Å². The number of carbonyl (C=O) groups excluding carboxylic acids is 2. The van der Waals surface area contributed by atoms with Gasteiger partial charge in [0, 0.05) is 17.3 Å². The SMILES string of the molecule is COc1ccc(-c2nnn(CC(=O)N(c3cccc(F)c3)[C@H](C)C(=O)NC3CCCC3)n2)cc1OC. The lowest BCUT2D eigenvalue weighted by Gasteiger charge is -2.29. The van der Waals surface area contributed by atoms with Crippen LogP contribution in [0.15, 0.2) is 42.5 Å². The Bertz CT molecular complexity index is 1230. The number of hydrogen-bond acceptors (Lipinski definition) is 7. The normalized spacial score (nSPS) is 14.3. The Morgan fingerprint density at radius 1 is 1.14 bits per heavy atom. The number of halogens is 1. The molecule has 10 nitrogen and oxygen atoms in total. The highest BCUT2D eigenvalue weighted by atomic mass is 19.1. The molecule has 1 aliphatic rings. The third-order valence-electron chi connectivity index (χ3n) is 6.19. The van der Waals surface area contributed by atoms with Gasteiger partial charge in [0.1, 0.15) is 18.4 Å². The van der Waals surface area contributed by atoms with Gasteiger partial charge < -0.3 is 14.8 Å². The van der Waals surface area contributed by atoms with Crippen molar-refractivity contribution in [1.82, 2.24) is 25.5 Å². The fraction of sp³-hybridized carbons (Fsp3) is 0.400. The van der Waals surface area contributed by atoms with Gasteiger partial charge in [-0.05, 0) is 61.4 Å². The summed E-state index contributed by atoms with van der Waals surface area (Å²) in [6.07, 6.45) is 3.95. The molecule has 0 radical (unpaired) electrons. The number of nitrogens with zero attached hydrogens (tertiary/aromatic N) is 5. The lowest BCUT2D eigenvalue weighted by molar-refractivity contribution is -0.127. The highest BCUT2D eigenvalue weighted by Gasteiger charge is 2.30. The van der Waals surface area contributed by atoms with E-state index in [4.69, 9.17) is 9.47 Å². The van der Waals surface area contributed by atoms with Gasteiger partial charge in [0.25, 0.3) is 5.91 Å². The van der Waals surface area contributed by atoms with Gasteiger partial charge in [-0.3, -0.25) is 14.5 Å². The molecule has 2 aromatic carbocycles. The topological polar surface area (TPSA) is 111 Å². The van der Waals surface area contributed by atoms with Crippen molar-refractivity contribution in [2.75, 3.05) is 19.1 Å². The molecule has 1 fully saturated rings. The molecular formula is C25H29FN6O4. The van der Waals surface area contributed by atoms with E-state index in [9.17, 15) is 14.0 Å². The van der Waals surface area contributed by atoms with Crippen molar-refractivity contribution < 1.29 is 23.5 Å². The lowest BCUT2D eigenvalue weighted by Crippen LogP contribution is -2.51. The number of amides is 2. The van der Waals surface area contributed by atoms with Gasteiger partial charge in [0.15, 0.2) is 11.5 Å². The molecule has 1 atom stereocenters. The molecule has 1 aromatic heterocycles. The van der Waals surface area contributed by atoms with E-state index in [1.54, 1.807) is 31.2 Å². The van der Waals surface area contributed by atoms with Crippen molar-refractivity contribution >= 4 is 17.5 Å². The van der Waals surface area contributed by atoms with Crippen LogP contribution in [0.4, 0.5) is 10.1 Å². The molecule has 11 heteroatoms. The Morgan fingerprint density at radius 2 is 1.89 bits per heavy atom. The van der Waals surface area contributed by atoms with Gasteiger partial charge in [-0.25, -0.2) is 4.39 Å². The Hall–Kier alpha value is -4.02. The zero-order valence-corrected chi connectivity index (χ0v) is 20.5.